The van der Waals surface area contributed by atoms with Gasteiger partial charge in [0.05, 0.1) is 6.04 Å². The van der Waals surface area contributed by atoms with E-state index in [0.717, 1.165) is 25.8 Å². The average molecular weight is 407 g/mol. The zero-order chi connectivity index (χ0) is 20.2. The maximum absolute atomic E-state index is 13.2. The number of imide groups is 1. The Labute approximate surface area is 177 Å². The predicted octanol–water partition coefficient (Wildman–Crippen LogP) is 4.53. The van der Waals surface area contributed by atoms with Crippen LogP contribution in [0.15, 0.2) is 18.2 Å². The fourth-order valence-corrected chi connectivity index (χ4v) is 6.35. The number of nitrogens with zero attached hydrogens (tertiary/aromatic N) is 3. The molecule has 1 unspecified atom stereocenters. The molecule has 2 fully saturated rings. The minimum Gasteiger partial charge on any atom is -0.341 e. The third-order valence-corrected chi connectivity index (χ3v) is 7.81. The van der Waals surface area contributed by atoms with Gasteiger partial charge in [-0.2, -0.15) is 0 Å². The Kier molecular flexibility index (Phi) is 4.29. The zero-order valence-electron chi connectivity index (χ0n) is 17.5. The molecule has 2 aliphatic carbocycles. The van der Waals surface area contributed by atoms with Crippen molar-refractivity contribution >= 4 is 23.0 Å². The lowest BCUT2D eigenvalue weighted by atomic mass is 9.83. The average Bonchev–Trinajstić information content (AvgIpc) is 3.36. The molecule has 1 aromatic heterocycles. The van der Waals surface area contributed by atoms with Crippen molar-refractivity contribution < 1.29 is 9.59 Å². The van der Waals surface area contributed by atoms with Crippen molar-refractivity contribution in [2.75, 3.05) is 19.6 Å². The topological polar surface area (TPSA) is 57.6 Å². The van der Waals surface area contributed by atoms with E-state index >= 15 is 0 Å². The van der Waals surface area contributed by atoms with E-state index in [9.17, 15) is 9.59 Å². The van der Waals surface area contributed by atoms with Gasteiger partial charge in [-0.1, -0.05) is 25.3 Å². The summed E-state index contributed by atoms with van der Waals surface area (Å²) >= 11 is 0. The smallest absolute Gasteiger partial charge is 0.328 e. The molecule has 1 N–H and O–H groups in total. The number of benzene rings is 1. The molecule has 0 radical (unpaired) electrons. The van der Waals surface area contributed by atoms with Gasteiger partial charge in [0.25, 0.3) is 0 Å². The van der Waals surface area contributed by atoms with Gasteiger partial charge >= 0.3 is 12.1 Å². The SMILES string of the molecule is O=C1NCCN1C(=O)N1CCn2c3c(c4cc(C5CCCCC5)ccc42)CCCC31. The Balaban J connectivity index is 1.39. The van der Waals surface area contributed by atoms with Gasteiger partial charge in [0, 0.05) is 42.8 Å². The molecule has 0 spiro atoms. The van der Waals surface area contributed by atoms with Crippen LogP contribution in [0.3, 0.4) is 0 Å². The van der Waals surface area contributed by atoms with Crippen LogP contribution in [0.4, 0.5) is 9.59 Å². The van der Waals surface area contributed by atoms with E-state index in [0.29, 0.717) is 25.6 Å². The Morgan fingerprint density at radius 1 is 1.00 bits per heavy atom. The van der Waals surface area contributed by atoms with Gasteiger partial charge in [-0.25, -0.2) is 14.5 Å². The van der Waals surface area contributed by atoms with Crippen LogP contribution in [0.25, 0.3) is 10.9 Å². The second kappa shape index (κ2) is 7.03. The van der Waals surface area contributed by atoms with Gasteiger partial charge in [0.2, 0.25) is 0 Å². The Bertz CT molecular complexity index is 1020. The van der Waals surface area contributed by atoms with Crippen molar-refractivity contribution in [2.24, 2.45) is 0 Å². The molecule has 6 heteroatoms. The summed E-state index contributed by atoms with van der Waals surface area (Å²) in [5.41, 5.74) is 5.61. The number of aryl methyl sites for hydroxylation is 1. The summed E-state index contributed by atoms with van der Waals surface area (Å²) in [6, 6.07) is 6.87. The molecule has 1 saturated carbocycles. The molecular weight excluding hydrogens is 376 g/mol. The van der Waals surface area contributed by atoms with Crippen molar-refractivity contribution in [1.29, 1.82) is 0 Å². The molecule has 1 atom stereocenters. The highest BCUT2D eigenvalue weighted by Gasteiger charge is 2.40. The van der Waals surface area contributed by atoms with Crippen LogP contribution in [0.2, 0.25) is 0 Å². The number of carbonyl (C=O) groups excluding carboxylic acids is 2. The lowest BCUT2D eigenvalue weighted by Crippen LogP contribution is -2.50. The molecule has 3 heterocycles. The number of rotatable bonds is 1. The van der Waals surface area contributed by atoms with Crippen molar-refractivity contribution in [1.82, 2.24) is 19.7 Å². The maximum atomic E-state index is 13.2. The highest BCUT2D eigenvalue weighted by atomic mass is 16.2. The lowest BCUT2D eigenvalue weighted by Gasteiger charge is -2.40. The molecule has 4 amide bonds. The van der Waals surface area contributed by atoms with Crippen molar-refractivity contribution in [2.45, 2.75) is 69.9 Å². The molecule has 2 aliphatic heterocycles. The first-order chi connectivity index (χ1) is 14.7. The van der Waals surface area contributed by atoms with Crippen LogP contribution >= 0.6 is 0 Å². The normalized spacial score (nSPS) is 24.3. The van der Waals surface area contributed by atoms with Gasteiger partial charge in [0.1, 0.15) is 0 Å². The first-order valence-electron chi connectivity index (χ1n) is 11.7. The summed E-state index contributed by atoms with van der Waals surface area (Å²) < 4.78 is 2.47. The Hall–Kier alpha value is -2.50. The van der Waals surface area contributed by atoms with E-state index in [-0.39, 0.29) is 18.1 Å². The van der Waals surface area contributed by atoms with E-state index in [4.69, 9.17) is 0 Å². The number of carbonyl (C=O) groups is 2. The molecule has 1 aromatic carbocycles. The van der Waals surface area contributed by atoms with Crippen molar-refractivity contribution in [3.8, 4) is 0 Å². The second-order valence-electron chi connectivity index (χ2n) is 9.39. The largest absolute Gasteiger partial charge is 0.341 e. The number of hydrogen-bond acceptors (Lipinski definition) is 2. The summed E-state index contributed by atoms with van der Waals surface area (Å²) in [7, 11) is 0. The Morgan fingerprint density at radius 3 is 2.67 bits per heavy atom. The van der Waals surface area contributed by atoms with Gasteiger partial charge in [-0.15, -0.1) is 0 Å². The number of urea groups is 2. The van der Waals surface area contributed by atoms with E-state index in [2.05, 4.69) is 28.1 Å². The number of nitrogens with one attached hydrogen (secondary N) is 1. The summed E-state index contributed by atoms with van der Waals surface area (Å²) in [6.45, 7) is 2.51. The molecule has 4 aliphatic rings. The van der Waals surface area contributed by atoms with Crippen LogP contribution in [-0.2, 0) is 13.0 Å². The summed E-state index contributed by atoms with van der Waals surface area (Å²) in [5.74, 6) is 0.707. The molecule has 158 valence electrons. The Morgan fingerprint density at radius 2 is 1.87 bits per heavy atom. The predicted molar refractivity (Wildman–Crippen MR) is 116 cm³/mol. The van der Waals surface area contributed by atoms with Gasteiger partial charge in [-0.3, -0.25) is 0 Å². The zero-order valence-corrected chi connectivity index (χ0v) is 17.5. The van der Waals surface area contributed by atoms with E-state index in [1.165, 1.54) is 64.7 Å². The maximum Gasteiger partial charge on any atom is 0.328 e. The molecule has 6 nitrogen and oxygen atoms in total. The van der Waals surface area contributed by atoms with E-state index < -0.39 is 0 Å². The fourth-order valence-electron chi connectivity index (χ4n) is 6.35. The minimum atomic E-state index is -0.251. The second-order valence-corrected chi connectivity index (χ2v) is 9.39. The molecule has 1 saturated heterocycles. The van der Waals surface area contributed by atoms with Gasteiger partial charge in [0.15, 0.2) is 0 Å². The highest BCUT2D eigenvalue weighted by molar-refractivity contribution is 5.95. The van der Waals surface area contributed by atoms with Crippen LogP contribution < -0.4 is 5.32 Å². The number of fused-ring (bicyclic) bond motifs is 3. The molecule has 2 aromatic rings. The quantitative estimate of drug-likeness (QED) is 0.757. The standard InChI is InChI=1S/C24H30N4O2/c29-23-25-11-12-28(23)24(30)27-14-13-26-20-10-9-17(16-5-2-1-3-6-16)15-19(20)18-7-4-8-21(27)22(18)26/h9-10,15-16,21H,1-8,11-14H2,(H,25,29). The number of amides is 4. The van der Waals surface area contributed by atoms with E-state index in [1.807, 2.05) is 4.90 Å². The van der Waals surface area contributed by atoms with Crippen molar-refractivity contribution in [3.63, 3.8) is 0 Å². The summed E-state index contributed by atoms with van der Waals surface area (Å²) in [4.78, 5) is 28.6. The van der Waals surface area contributed by atoms with Gasteiger partial charge in [-0.05, 0) is 61.3 Å². The highest BCUT2D eigenvalue weighted by Crippen LogP contribution is 2.44. The summed E-state index contributed by atoms with van der Waals surface area (Å²) in [6.07, 6.45) is 9.89. The molecule has 0 bridgehead atoms. The van der Waals surface area contributed by atoms with Crippen molar-refractivity contribution in [3.05, 3.63) is 35.0 Å². The van der Waals surface area contributed by atoms with Crippen LogP contribution in [0, 0.1) is 0 Å². The summed E-state index contributed by atoms with van der Waals surface area (Å²) in [5, 5.41) is 4.17. The van der Waals surface area contributed by atoms with Crippen LogP contribution in [0.5, 0.6) is 0 Å². The third-order valence-electron chi connectivity index (χ3n) is 7.81. The van der Waals surface area contributed by atoms with E-state index in [1.54, 1.807) is 0 Å². The number of hydrogen-bond donors (Lipinski definition) is 1. The van der Waals surface area contributed by atoms with Crippen LogP contribution in [-0.4, -0.2) is 46.1 Å². The first-order valence-corrected chi connectivity index (χ1v) is 11.7. The number of aromatic nitrogens is 1. The molecular formula is C24H30N4O2. The minimum absolute atomic E-state index is 0.0916. The van der Waals surface area contributed by atoms with Crippen LogP contribution in [0.1, 0.15) is 73.7 Å². The van der Waals surface area contributed by atoms with Gasteiger partial charge < -0.3 is 14.8 Å². The molecule has 30 heavy (non-hydrogen) atoms. The fraction of sp³-hybridized carbons (Fsp3) is 0.583. The molecule has 6 rings (SSSR count). The lowest BCUT2D eigenvalue weighted by molar-refractivity contribution is 0.123. The third kappa shape index (κ3) is 2.69. The first kappa shape index (κ1) is 18.3. The monoisotopic (exact) mass is 406 g/mol.